The molecule has 0 saturated carbocycles. The SMILES string of the molecule is COc1ccc(CCCCCCCCOc2ccc(SCc3cccc(C(=O)O)c3)nc2C=CC(=O)O)cc1. The van der Waals surface area contributed by atoms with Gasteiger partial charge in [-0.2, -0.15) is 0 Å². The lowest BCUT2D eigenvalue weighted by Crippen LogP contribution is -2.01. The Balaban J connectivity index is 1.41. The number of pyridine rings is 1. The van der Waals surface area contributed by atoms with Crippen molar-refractivity contribution in [3.05, 3.63) is 89.1 Å². The molecule has 3 rings (SSSR count). The van der Waals surface area contributed by atoms with Crippen LogP contribution in [-0.4, -0.2) is 40.9 Å². The third kappa shape index (κ3) is 10.9. The van der Waals surface area contributed by atoms with Gasteiger partial charge < -0.3 is 19.7 Å². The second-order valence-corrected chi connectivity index (χ2v) is 10.1. The molecule has 1 heterocycles. The number of nitrogens with zero attached hydrogens (tertiary/aromatic N) is 1. The van der Waals surface area contributed by atoms with Crippen LogP contribution in [0.3, 0.4) is 0 Å². The molecule has 3 aromatic rings. The van der Waals surface area contributed by atoms with Crippen molar-refractivity contribution in [1.82, 2.24) is 4.98 Å². The summed E-state index contributed by atoms with van der Waals surface area (Å²) >= 11 is 1.45. The molecule has 0 aliphatic carbocycles. The van der Waals surface area contributed by atoms with Crippen molar-refractivity contribution in [3.63, 3.8) is 0 Å². The highest BCUT2D eigenvalue weighted by Crippen LogP contribution is 2.27. The second kappa shape index (κ2) is 16.2. The smallest absolute Gasteiger partial charge is 0.335 e. The number of ether oxygens (including phenoxy) is 2. The van der Waals surface area contributed by atoms with Gasteiger partial charge >= 0.3 is 11.9 Å². The number of aryl methyl sites for hydroxylation is 1. The summed E-state index contributed by atoms with van der Waals surface area (Å²) in [5, 5.41) is 18.9. The number of carboxylic acids is 2. The maximum atomic E-state index is 11.2. The van der Waals surface area contributed by atoms with Crippen molar-refractivity contribution in [2.45, 2.75) is 55.7 Å². The average Bonchev–Trinajstić information content (AvgIpc) is 2.95. The fourth-order valence-electron chi connectivity index (χ4n) is 3.98. The Morgan fingerprint density at radius 3 is 2.36 bits per heavy atom. The van der Waals surface area contributed by atoms with E-state index in [0.717, 1.165) is 43.1 Å². The molecule has 0 fully saturated rings. The Labute approximate surface area is 233 Å². The number of aromatic carboxylic acids is 1. The van der Waals surface area contributed by atoms with Gasteiger partial charge in [0, 0.05) is 11.8 Å². The lowest BCUT2D eigenvalue weighted by Gasteiger charge is -2.11. The van der Waals surface area contributed by atoms with E-state index in [1.807, 2.05) is 30.3 Å². The van der Waals surface area contributed by atoms with E-state index in [9.17, 15) is 14.7 Å². The molecule has 7 nitrogen and oxygen atoms in total. The van der Waals surface area contributed by atoms with E-state index in [-0.39, 0.29) is 5.56 Å². The van der Waals surface area contributed by atoms with Crippen LogP contribution in [-0.2, 0) is 17.0 Å². The van der Waals surface area contributed by atoms with Gasteiger partial charge in [0.1, 0.15) is 17.2 Å². The number of benzene rings is 2. The molecule has 0 bridgehead atoms. The van der Waals surface area contributed by atoms with Crippen LogP contribution >= 0.6 is 11.8 Å². The van der Waals surface area contributed by atoms with Gasteiger partial charge in [0.15, 0.2) is 0 Å². The Kier molecular flexibility index (Phi) is 12.4. The van der Waals surface area contributed by atoms with E-state index in [0.29, 0.717) is 28.8 Å². The number of aromatic nitrogens is 1. The molecule has 0 aliphatic heterocycles. The van der Waals surface area contributed by atoms with Gasteiger partial charge in [0.2, 0.25) is 0 Å². The van der Waals surface area contributed by atoms with E-state index < -0.39 is 11.9 Å². The highest BCUT2D eigenvalue weighted by Gasteiger charge is 2.08. The number of thioether (sulfide) groups is 1. The molecule has 8 heteroatoms. The summed E-state index contributed by atoms with van der Waals surface area (Å²) in [6.07, 6.45) is 10.2. The van der Waals surface area contributed by atoms with Crippen LogP contribution in [0.15, 0.2) is 71.8 Å². The molecule has 206 valence electrons. The van der Waals surface area contributed by atoms with Crippen LogP contribution < -0.4 is 9.47 Å². The zero-order valence-electron chi connectivity index (χ0n) is 22.2. The largest absolute Gasteiger partial charge is 0.497 e. The van der Waals surface area contributed by atoms with Crippen molar-refractivity contribution < 1.29 is 29.3 Å². The van der Waals surface area contributed by atoms with Crippen LogP contribution in [0.4, 0.5) is 0 Å². The Morgan fingerprint density at radius 2 is 1.64 bits per heavy atom. The van der Waals surface area contributed by atoms with E-state index in [2.05, 4.69) is 17.1 Å². The maximum Gasteiger partial charge on any atom is 0.335 e. The first-order valence-electron chi connectivity index (χ1n) is 13.1. The van der Waals surface area contributed by atoms with Crippen LogP contribution in [0.25, 0.3) is 6.08 Å². The molecule has 0 saturated heterocycles. The minimum Gasteiger partial charge on any atom is -0.497 e. The van der Waals surface area contributed by atoms with Gasteiger partial charge in [-0.25, -0.2) is 14.6 Å². The van der Waals surface area contributed by atoms with Gasteiger partial charge in [-0.1, -0.05) is 49.9 Å². The highest BCUT2D eigenvalue weighted by atomic mass is 32.2. The lowest BCUT2D eigenvalue weighted by atomic mass is 10.0. The molecular weight excluding hydrogens is 514 g/mol. The standard InChI is InChI=1S/C31H35NO6S/c1-37-26-14-12-23(13-15-26)9-6-4-2-3-5-7-20-38-28-17-18-29(32-27(28)16-19-30(33)34)39-22-24-10-8-11-25(21-24)31(35)36/h8,10-19,21H,2-7,9,20,22H2,1H3,(H,33,34)(H,35,36). The third-order valence-corrected chi connectivity index (χ3v) is 7.08. The fraction of sp³-hybridized carbons (Fsp3) is 0.323. The number of carbonyl (C=O) groups is 2. The normalized spacial score (nSPS) is 11.0. The number of methoxy groups -OCH3 is 1. The number of hydrogen-bond acceptors (Lipinski definition) is 6. The fourth-order valence-corrected chi connectivity index (χ4v) is 4.80. The number of aliphatic carboxylic acids is 1. The predicted octanol–water partition coefficient (Wildman–Crippen LogP) is 7.14. The molecule has 0 aliphatic rings. The summed E-state index contributed by atoms with van der Waals surface area (Å²) in [6.45, 7) is 0.538. The minimum atomic E-state index is -1.06. The quantitative estimate of drug-likeness (QED) is 0.104. The summed E-state index contributed by atoms with van der Waals surface area (Å²) in [4.78, 5) is 26.8. The van der Waals surface area contributed by atoms with E-state index >= 15 is 0 Å². The molecule has 0 amide bonds. The summed E-state index contributed by atoms with van der Waals surface area (Å²) in [6, 6.07) is 18.7. The summed E-state index contributed by atoms with van der Waals surface area (Å²) < 4.78 is 11.1. The summed E-state index contributed by atoms with van der Waals surface area (Å²) in [5.41, 5.74) is 2.90. The zero-order chi connectivity index (χ0) is 27.9. The van der Waals surface area contributed by atoms with Crippen molar-refractivity contribution in [2.24, 2.45) is 0 Å². The Morgan fingerprint density at radius 1 is 0.897 bits per heavy atom. The van der Waals surface area contributed by atoms with Crippen molar-refractivity contribution >= 4 is 29.8 Å². The molecule has 2 N–H and O–H groups in total. The second-order valence-electron chi connectivity index (χ2n) is 9.07. The molecule has 0 atom stereocenters. The third-order valence-electron chi connectivity index (χ3n) is 6.08. The molecular formula is C31H35NO6S. The number of carboxylic acid groups (broad SMARTS) is 2. The van der Waals surface area contributed by atoms with Crippen molar-refractivity contribution in [3.8, 4) is 11.5 Å². The zero-order valence-corrected chi connectivity index (χ0v) is 23.0. The number of hydrogen-bond donors (Lipinski definition) is 2. The van der Waals surface area contributed by atoms with E-state index in [1.54, 1.807) is 25.3 Å². The molecule has 0 spiro atoms. The molecule has 2 aromatic carbocycles. The van der Waals surface area contributed by atoms with Gasteiger partial charge in [-0.05, 0) is 72.9 Å². The van der Waals surface area contributed by atoms with Crippen molar-refractivity contribution in [1.29, 1.82) is 0 Å². The highest BCUT2D eigenvalue weighted by molar-refractivity contribution is 7.98. The topological polar surface area (TPSA) is 106 Å². The Hall–Kier alpha value is -3.78. The maximum absolute atomic E-state index is 11.2. The van der Waals surface area contributed by atoms with Crippen LogP contribution in [0.1, 0.15) is 65.7 Å². The van der Waals surface area contributed by atoms with Crippen LogP contribution in [0, 0.1) is 0 Å². The Bertz CT molecular complexity index is 1240. The monoisotopic (exact) mass is 549 g/mol. The summed E-state index contributed by atoms with van der Waals surface area (Å²) in [7, 11) is 1.68. The first-order valence-corrected chi connectivity index (χ1v) is 14.1. The predicted molar refractivity (Wildman–Crippen MR) is 154 cm³/mol. The first-order chi connectivity index (χ1) is 18.9. The number of rotatable bonds is 17. The van der Waals surface area contributed by atoms with Crippen LogP contribution in [0.2, 0.25) is 0 Å². The van der Waals surface area contributed by atoms with Gasteiger partial charge in [-0.15, -0.1) is 11.8 Å². The van der Waals surface area contributed by atoms with Crippen molar-refractivity contribution in [2.75, 3.05) is 13.7 Å². The first kappa shape index (κ1) is 29.8. The molecule has 0 unspecified atom stereocenters. The number of unbranched alkanes of at least 4 members (excludes halogenated alkanes) is 5. The molecule has 39 heavy (non-hydrogen) atoms. The molecule has 0 radical (unpaired) electrons. The van der Waals surface area contributed by atoms with Gasteiger partial charge in [0.05, 0.1) is 24.3 Å². The van der Waals surface area contributed by atoms with E-state index in [1.165, 1.54) is 42.7 Å². The van der Waals surface area contributed by atoms with E-state index in [4.69, 9.17) is 14.6 Å². The average molecular weight is 550 g/mol. The van der Waals surface area contributed by atoms with Gasteiger partial charge in [0.25, 0.3) is 0 Å². The van der Waals surface area contributed by atoms with Gasteiger partial charge in [-0.3, -0.25) is 0 Å². The summed E-state index contributed by atoms with van der Waals surface area (Å²) in [5.74, 6) is -0.0525. The lowest BCUT2D eigenvalue weighted by molar-refractivity contribution is -0.131. The minimum absolute atomic E-state index is 0.239. The van der Waals surface area contributed by atoms with Crippen LogP contribution in [0.5, 0.6) is 11.5 Å². The molecule has 1 aromatic heterocycles.